The van der Waals surface area contributed by atoms with E-state index in [0.29, 0.717) is 0 Å². The monoisotopic (exact) mass is 401 g/mol. The van der Waals surface area contributed by atoms with Crippen LogP contribution in [0.4, 0.5) is 0 Å². The van der Waals surface area contributed by atoms with Gasteiger partial charge in [-0.25, -0.2) is 8.42 Å². The molecule has 0 fully saturated rings. The predicted molar refractivity (Wildman–Crippen MR) is 101 cm³/mol. The highest BCUT2D eigenvalue weighted by molar-refractivity contribution is 8.01. The van der Waals surface area contributed by atoms with Crippen molar-refractivity contribution in [1.82, 2.24) is 0 Å². The Balaban J connectivity index is 0.000000177. The van der Waals surface area contributed by atoms with Crippen LogP contribution in [0.5, 0.6) is 0 Å². The van der Waals surface area contributed by atoms with Crippen molar-refractivity contribution in [3.63, 3.8) is 0 Å². The lowest BCUT2D eigenvalue weighted by atomic mass is 10.2. The van der Waals surface area contributed by atoms with Crippen LogP contribution in [-0.4, -0.2) is 18.7 Å². The van der Waals surface area contributed by atoms with Crippen molar-refractivity contribution >= 4 is 54.1 Å². The van der Waals surface area contributed by atoms with Crippen LogP contribution < -0.4 is 4.57 Å². The Hall–Kier alpha value is -0.930. The molecule has 0 atom stereocenters. The van der Waals surface area contributed by atoms with Gasteiger partial charge < -0.3 is 4.55 Å². The van der Waals surface area contributed by atoms with Crippen LogP contribution in [0.3, 0.4) is 0 Å². The first-order valence-electron chi connectivity index (χ1n) is 7.42. The normalized spacial score (nSPS) is 11.3. The summed E-state index contributed by atoms with van der Waals surface area (Å²) in [6, 6.07) is 8.00. The summed E-state index contributed by atoms with van der Waals surface area (Å²) in [5, 5.41) is 2.17. The summed E-state index contributed by atoms with van der Waals surface area (Å²) >= 11 is 5.72. The zero-order chi connectivity index (χ0) is 17.7. The Morgan fingerprint density at radius 1 is 1.17 bits per heavy atom. The van der Waals surface area contributed by atoms with Crippen molar-refractivity contribution in [3.05, 3.63) is 41.3 Å². The van der Waals surface area contributed by atoms with Gasteiger partial charge in [-0.15, -0.1) is 11.3 Å². The maximum Gasteiger partial charge on any atom is 0.299 e. The van der Waals surface area contributed by atoms with Gasteiger partial charge in [-0.1, -0.05) is 24.6 Å². The van der Waals surface area contributed by atoms with Gasteiger partial charge in [-0.3, -0.25) is 0 Å². The van der Waals surface area contributed by atoms with Gasteiger partial charge in [0, 0.05) is 11.8 Å². The summed E-state index contributed by atoms with van der Waals surface area (Å²) in [5.74, 6) is 1.16. The van der Waals surface area contributed by atoms with Crippen molar-refractivity contribution < 1.29 is 17.5 Å². The summed E-state index contributed by atoms with van der Waals surface area (Å²) in [5.41, 5.74) is 2.34. The minimum absolute atomic E-state index is 0.178. The van der Waals surface area contributed by atoms with Crippen molar-refractivity contribution in [3.8, 4) is 0 Å². The zero-order valence-corrected chi connectivity index (χ0v) is 16.9. The Morgan fingerprint density at radius 2 is 1.83 bits per heavy atom. The second-order valence-corrected chi connectivity index (χ2v) is 9.97. The second-order valence-electron chi connectivity index (χ2n) is 4.91. The van der Waals surface area contributed by atoms with Gasteiger partial charge in [0.2, 0.25) is 5.52 Å². The van der Waals surface area contributed by atoms with Crippen LogP contribution in [0.1, 0.15) is 19.4 Å². The van der Waals surface area contributed by atoms with E-state index < -0.39 is 10.1 Å². The molecule has 2 aromatic heterocycles. The number of thiophene rings is 1. The van der Waals surface area contributed by atoms with Crippen LogP contribution in [0.2, 0.25) is 0 Å². The van der Waals surface area contributed by atoms with E-state index >= 15 is 0 Å². The van der Waals surface area contributed by atoms with E-state index in [1.165, 1.54) is 26.0 Å². The average Bonchev–Trinajstić information content (AvgIpc) is 3.08. The number of hydrogen-bond donors (Lipinski definition) is 0. The van der Waals surface area contributed by atoms with Gasteiger partial charge in [0.05, 0.1) is 4.90 Å². The van der Waals surface area contributed by atoms with Gasteiger partial charge in [0.1, 0.15) is 16.7 Å². The molecule has 0 aliphatic carbocycles. The number of thioether (sulfide) groups is 1. The Labute approximate surface area is 154 Å². The molecule has 1 aromatic carbocycles. The second kappa shape index (κ2) is 8.44. The molecule has 0 N–H and O–H groups in total. The van der Waals surface area contributed by atoms with Crippen molar-refractivity contribution in [2.24, 2.45) is 0 Å². The van der Waals surface area contributed by atoms with E-state index in [4.69, 9.17) is 0 Å². The van der Waals surface area contributed by atoms with E-state index in [9.17, 15) is 13.0 Å². The molecule has 2 heterocycles. The Kier molecular flexibility index (Phi) is 6.82. The lowest BCUT2D eigenvalue weighted by molar-refractivity contribution is -0.698. The fourth-order valence-corrected chi connectivity index (χ4v) is 6.12. The fraction of sp³-hybridized carbons (Fsp3) is 0.312. The molecule has 24 heavy (non-hydrogen) atoms. The van der Waals surface area contributed by atoms with Crippen molar-refractivity contribution in [2.45, 2.75) is 36.6 Å². The number of nitrogens with zero attached hydrogens (tertiary/aromatic N) is 1. The van der Waals surface area contributed by atoms with Crippen molar-refractivity contribution in [1.29, 1.82) is 0 Å². The first-order valence-corrected chi connectivity index (χ1v) is 11.5. The molecule has 130 valence electrons. The number of benzene rings is 1. The van der Waals surface area contributed by atoms with E-state index in [2.05, 4.69) is 29.9 Å². The molecule has 0 spiro atoms. The van der Waals surface area contributed by atoms with E-state index in [1.807, 2.05) is 41.4 Å². The summed E-state index contributed by atoms with van der Waals surface area (Å²) in [6.45, 7) is 7.32. The molecule has 0 saturated heterocycles. The number of thiazole rings is 1. The maximum atomic E-state index is 10.4. The summed E-state index contributed by atoms with van der Waals surface area (Å²) < 4.78 is 36.5. The number of fused-ring (bicyclic) bond motifs is 1. The third-order valence-electron chi connectivity index (χ3n) is 3.20. The minimum Gasteiger partial charge on any atom is -0.744 e. The molecule has 4 nitrogen and oxygen atoms in total. The molecular formula is C16H19NO3S4. The first kappa shape index (κ1) is 19.4. The maximum absolute atomic E-state index is 10.4. The minimum atomic E-state index is -4.27. The van der Waals surface area contributed by atoms with Gasteiger partial charge in [-0.05, 0) is 54.5 Å². The molecule has 0 saturated carbocycles. The lowest BCUT2D eigenvalue weighted by Crippen LogP contribution is -2.32. The molecular weight excluding hydrogens is 382 g/mol. The molecule has 8 heteroatoms. The lowest BCUT2D eigenvalue weighted by Gasteiger charge is -2.05. The third kappa shape index (κ3) is 4.80. The molecule has 0 unspecified atom stereocenters. The number of aromatic nitrogens is 1. The van der Waals surface area contributed by atoms with Crippen LogP contribution in [-0.2, 0) is 16.7 Å². The van der Waals surface area contributed by atoms with Crippen LogP contribution in [0, 0.1) is 6.92 Å². The largest absolute Gasteiger partial charge is 0.744 e. The van der Waals surface area contributed by atoms with Crippen LogP contribution >= 0.6 is 34.4 Å². The molecule has 3 rings (SSSR count). The molecule has 0 aliphatic rings. The van der Waals surface area contributed by atoms with Crippen molar-refractivity contribution in [2.75, 3.05) is 5.75 Å². The summed E-state index contributed by atoms with van der Waals surface area (Å²) in [7, 11) is -4.27. The smallest absolute Gasteiger partial charge is 0.299 e. The SMILES string of the molecule is CCSc1sc2sccc2[n+]1CC.Cc1ccc(S(=O)(=O)[O-])cc1. The number of hydrogen-bond acceptors (Lipinski definition) is 6. The first-order chi connectivity index (χ1) is 11.4. The predicted octanol–water partition coefficient (Wildman–Crippen LogP) is 4.28. The van der Waals surface area contributed by atoms with Crippen LogP contribution in [0.25, 0.3) is 9.53 Å². The van der Waals surface area contributed by atoms with Gasteiger partial charge in [0.15, 0.2) is 4.01 Å². The highest BCUT2D eigenvalue weighted by Crippen LogP contribution is 2.31. The highest BCUT2D eigenvalue weighted by atomic mass is 32.2. The summed E-state index contributed by atoms with van der Waals surface area (Å²) in [6.07, 6.45) is 0. The number of rotatable bonds is 4. The topological polar surface area (TPSA) is 61.1 Å². The summed E-state index contributed by atoms with van der Waals surface area (Å²) in [4.78, 5) is -0.178. The van der Waals surface area contributed by atoms with Gasteiger partial charge in [0.25, 0.3) is 4.34 Å². The Morgan fingerprint density at radius 3 is 2.38 bits per heavy atom. The van der Waals surface area contributed by atoms with E-state index in [0.717, 1.165) is 17.9 Å². The molecule has 0 aliphatic heterocycles. The zero-order valence-electron chi connectivity index (χ0n) is 13.7. The van der Waals surface area contributed by atoms with Crippen LogP contribution in [0.15, 0.2) is 44.9 Å². The highest BCUT2D eigenvalue weighted by Gasteiger charge is 2.19. The van der Waals surface area contributed by atoms with Gasteiger partial charge >= 0.3 is 0 Å². The molecule has 0 bridgehead atoms. The molecule has 3 aromatic rings. The quantitative estimate of drug-likeness (QED) is 0.372. The van der Waals surface area contributed by atoms with Gasteiger partial charge in [-0.2, -0.15) is 4.57 Å². The van der Waals surface area contributed by atoms with E-state index in [-0.39, 0.29) is 4.90 Å². The average molecular weight is 402 g/mol. The molecule has 0 radical (unpaired) electrons. The fourth-order valence-electron chi connectivity index (χ4n) is 2.03. The van der Waals surface area contributed by atoms with E-state index in [1.54, 1.807) is 12.1 Å². The Bertz CT molecular complexity index is 895. The third-order valence-corrected chi connectivity index (χ3v) is 7.43. The standard InChI is InChI=1S/C9H12NS3.C7H8O3S/c1-3-10-7-5-6-12-8(7)13-9(10)11-4-2;1-6-2-4-7(5-3-6)11(8,9)10/h5-6H,3-4H2,1-2H3;2-5H,1H3,(H,8,9,10)/q+1;/p-1. The number of aryl methyl sites for hydroxylation is 2. The molecule has 0 amide bonds.